The van der Waals surface area contributed by atoms with Crippen LogP contribution in [0.15, 0.2) is 34.9 Å². The smallest absolute Gasteiger partial charge is 0.268 e. The Morgan fingerprint density at radius 3 is 2.70 bits per heavy atom. The van der Waals surface area contributed by atoms with E-state index in [0.29, 0.717) is 23.7 Å². The molecule has 2 aromatic rings. The number of benzene rings is 1. The lowest BCUT2D eigenvalue weighted by Gasteiger charge is -2.11. The second-order valence-corrected chi connectivity index (χ2v) is 5.01. The van der Waals surface area contributed by atoms with Gasteiger partial charge in [-0.2, -0.15) is 0 Å². The Balaban J connectivity index is 2.05. The van der Waals surface area contributed by atoms with Crippen LogP contribution in [0.5, 0.6) is 11.5 Å². The van der Waals surface area contributed by atoms with Gasteiger partial charge < -0.3 is 19.8 Å². The van der Waals surface area contributed by atoms with Crippen LogP contribution in [0.2, 0.25) is 0 Å². The Hall–Kier alpha value is -1.95. The van der Waals surface area contributed by atoms with Gasteiger partial charge in [-0.1, -0.05) is 0 Å². The molecule has 0 radical (unpaired) electrons. The van der Waals surface area contributed by atoms with Gasteiger partial charge in [-0.3, -0.25) is 4.79 Å². The van der Waals surface area contributed by atoms with E-state index in [1.165, 1.54) is 0 Å². The van der Waals surface area contributed by atoms with Gasteiger partial charge in [0.1, 0.15) is 17.2 Å². The molecule has 0 aliphatic rings. The molecule has 0 aliphatic carbocycles. The largest absolute Gasteiger partial charge is 0.497 e. The highest BCUT2D eigenvalue weighted by molar-refractivity contribution is 9.10. The minimum atomic E-state index is -0.173. The zero-order valence-corrected chi connectivity index (χ0v) is 12.8. The minimum Gasteiger partial charge on any atom is -0.497 e. The van der Waals surface area contributed by atoms with Crippen LogP contribution >= 0.6 is 15.9 Å². The molecule has 1 aromatic carbocycles. The van der Waals surface area contributed by atoms with E-state index in [1.807, 2.05) is 12.1 Å². The lowest BCUT2D eigenvalue weighted by Crippen LogP contribution is -2.23. The molecule has 0 unspecified atom stereocenters. The summed E-state index contributed by atoms with van der Waals surface area (Å²) in [7, 11) is 3.18. The van der Waals surface area contributed by atoms with Gasteiger partial charge >= 0.3 is 0 Å². The topological polar surface area (TPSA) is 63.3 Å². The number of methoxy groups -OCH3 is 2. The van der Waals surface area contributed by atoms with Crippen LogP contribution in [-0.4, -0.2) is 25.1 Å². The van der Waals surface area contributed by atoms with Gasteiger partial charge in [-0.15, -0.1) is 0 Å². The van der Waals surface area contributed by atoms with Crippen LogP contribution < -0.4 is 14.8 Å². The molecule has 0 aliphatic heterocycles. The summed E-state index contributed by atoms with van der Waals surface area (Å²) in [6.07, 6.45) is 1.71. The number of carbonyl (C=O) groups is 1. The van der Waals surface area contributed by atoms with Crippen LogP contribution in [-0.2, 0) is 6.54 Å². The third kappa shape index (κ3) is 3.33. The number of hydrogen-bond acceptors (Lipinski definition) is 3. The molecule has 0 fully saturated rings. The van der Waals surface area contributed by atoms with Crippen LogP contribution in [0.1, 0.15) is 16.1 Å². The Morgan fingerprint density at radius 1 is 1.30 bits per heavy atom. The molecule has 2 N–H and O–H groups in total. The highest BCUT2D eigenvalue weighted by Crippen LogP contribution is 2.24. The lowest BCUT2D eigenvalue weighted by molar-refractivity contribution is 0.0946. The minimum absolute atomic E-state index is 0.173. The van der Waals surface area contributed by atoms with E-state index >= 15 is 0 Å². The first-order valence-corrected chi connectivity index (χ1v) is 6.76. The first kappa shape index (κ1) is 14.5. The fraction of sp³-hybridized carbons (Fsp3) is 0.214. The molecule has 5 nitrogen and oxygen atoms in total. The van der Waals surface area contributed by atoms with Crippen LogP contribution in [0.4, 0.5) is 0 Å². The summed E-state index contributed by atoms with van der Waals surface area (Å²) in [5, 5.41) is 2.83. The van der Waals surface area contributed by atoms with E-state index in [1.54, 1.807) is 32.5 Å². The number of aromatic nitrogens is 1. The SMILES string of the molecule is COc1ccc(CNC(=O)c2cc(Br)c[nH]2)c(OC)c1. The maximum atomic E-state index is 11.9. The maximum absolute atomic E-state index is 11.9. The zero-order valence-electron chi connectivity index (χ0n) is 11.2. The number of nitrogens with one attached hydrogen (secondary N) is 2. The van der Waals surface area contributed by atoms with E-state index in [4.69, 9.17) is 9.47 Å². The van der Waals surface area contributed by atoms with Gasteiger partial charge in [0, 0.05) is 28.8 Å². The number of hydrogen-bond donors (Lipinski definition) is 2. The number of rotatable bonds is 5. The monoisotopic (exact) mass is 338 g/mol. The highest BCUT2D eigenvalue weighted by Gasteiger charge is 2.10. The standard InChI is InChI=1S/C14H15BrN2O3/c1-19-11-4-3-9(13(6-11)20-2)7-17-14(18)12-5-10(15)8-16-12/h3-6,8,16H,7H2,1-2H3,(H,17,18). The molecule has 2 rings (SSSR count). The third-order valence-electron chi connectivity index (χ3n) is 2.83. The van der Waals surface area contributed by atoms with Crippen LogP contribution in [0.25, 0.3) is 0 Å². The van der Waals surface area contributed by atoms with E-state index in [0.717, 1.165) is 10.0 Å². The zero-order chi connectivity index (χ0) is 14.5. The van der Waals surface area contributed by atoms with Gasteiger partial charge in [-0.05, 0) is 34.1 Å². The summed E-state index contributed by atoms with van der Waals surface area (Å²) in [4.78, 5) is 14.8. The van der Waals surface area contributed by atoms with Crippen LogP contribution in [0.3, 0.4) is 0 Å². The predicted molar refractivity (Wildman–Crippen MR) is 79.2 cm³/mol. The lowest BCUT2D eigenvalue weighted by atomic mass is 10.2. The molecule has 6 heteroatoms. The Bertz CT molecular complexity index is 610. The van der Waals surface area contributed by atoms with Crippen LogP contribution in [0, 0.1) is 0 Å². The van der Waals surface area contributed by atoms with Crippen molar-refractivity contribution in [1.29, 1.82) is 0 Å². The molecular formula is C14H15BrN2O3. The van der Waals surface area contributed by atoms with Crippen molar-refractivity contribution in [2.75, 3.05) is 14.2 Å². The van der Waals surface area contributed by atoms with Crippen molar-refractivity contribution in [2.45, 2.75) is 6.54 Å². The summed E-state index contributed by atoms with van der Waals surface area (Å²) in [5.41, 5.74) is 1.39. The summed E-state index contributed by atoms with van der Waals surface area (Å²) >= 11 is 3.29. The van der Waals surface area contributed by atoms with Gasteiger partial charge in [0.15, 0.2) is 0 Å². The Labute approximate surface area is 125 Å². The average molecular weight is 339 g/mol. The number of H-pyrrole nitrogens is 1. The van der Waals surface area contributed by atoms with Gasteiger partial charge in [0.2, 0.25) is 0 Å². The normalized spacial score (nSPS) is 10.2. The fourth-order valence-electron chi connectivity index (χ4n) is 1.77. The van der Waals surface area contributed by atoms with Crippen molar-refractivity contribution >= 4 is 21.8 Å². The molecule has 0 spiro atoms. The molecule has 20 heavy (non-hydrogen) atoms. The third-order valence-corrected chi connectivity index (χ3v) is 3.28. The number of halogens is 1. The molecule has 106 valence electrons. The highest BCUT2D eigenvalue weighted by atomic mass is 79.9. The van der Waals surface area contributed by atoms with Gasteiger partial charge in [0.05, 0.1) is 14.2 Å². The molecule has 0 atom stereocenters. The van der Waals surface area contributed by atoms with Crippen molar-refractivity contribution in [3.8, 4) is 11.5 Å². The first-order chi connectivity index (χ1) is 9.63. The van der Waals surface area contributed by atoms with E-state index < -0.39 is 0 Å². The van der Waals surface area contributed by atoms with Crippen molar-refractivity contribution in [3.63, 3.8) is 0 Å². The Morgan fingerprint density at radius 2 is 2.10 bits per heavy atom. The molecule has 0 bridgehead atoms. The summed E-state index contributed by atoms with van der Waals surface area (Å²) in [6.45, 7) is 0.378. The summed E-state index contributed by atoms with van der Waals surface area (Å²) in [5.74, 6) is 1.22. The van der Waals surface area contributed by atoms with Crippen molar-refractivity contribution in [1.82, 2.24) is 10.3 Å². The van der Waals surface area contributed by atoms with Gasteiger partial charge in [-0.25, -0.2) is 0 Å². The number of amides is 1. The summed E-state index contributed by atoms with van der Waals surface area (Å²) in [6, 6.07) is 7.20. The molecule has 1 aromatic heterocycles. The second kappa shape index (κ2) is 6.47. The molecule has 1 amide bonds. The van der Waals surface area contributed by atoms with E-state index in [-0.39, 0.29) is 5.91 Å². The number of carbonyl (C=O) groups excluding carboxylic acids is 1. The average Bonchev–Trinajstić information content (AvgIpc) is 2.91. The number of aromatic amines is 1. The second-order valence-electron chi connectivity index (χ2n) is 4.09. The molecule has 1 heterocycles. The maximum Gasteiger partial charge on any atom is 0.268 e. The quantitative estimate of drug-likeness (QED) is 0.880. The van der Waals surface area contributed by atoms with Crippen molar-refractivity contribution in [2.24, 2.45) is 0 Å². The fourth-order valence-corrected chi connectivity index (χ4v) is 2.11. The first-order valence-electron chi connectivity index (χ1n) is 5.97. The molecule has 0 saturated carbocycles. The van der Waals surface area contributed by atoms with Crippen molar-refractivity contribution < 1.29 is 14.3 Å². The van der Waals surface area contributed by atoms with E-state index in [9.17, 15) is 4.79 Å². The molecular weight excluding hydrogens is 324 g/mol. The Kier molecular flexibility index (Phi) is 4.68. The van der Waals surface area contributed by atoms with Gasteiger partial charge in [0.25, 0.3) is 5.91 Å². The predicted octanol–water partition coefficient (Wildman–Crippen LogP) is 2.72. The number of ether oxygens (including phenoxy) is 2. The summed E-state index contributed by atoms with van der Waals surface area (Å²) < 4.78 is 11.3. The molecule has 0 saturated heterocycles. The van der Waals surface area contributed by atoms with Crippen molar-refractivity contribution in [3.05, 3.63) is 46.2 Å². The van der Waals surface area contributed by atoms with E-state index in [2.05, 4.69) is 26.2 Å².